The molecule has 0 saturated heterocycles. The minimum atomic E-state index is 1.23. The lowest BCUT2D eigenvalue weighted by atomic mass is 9.85. The van der Waals surface area contributed by atoms with Crippen molar-refractivity contribution in [3.8, 4) is 33.4 Å². The van der Waals surface area contributed by atoms with Gasteiger partial charge in [-0.2, -0.15) is 0 Å². The average molecular weight is 613 g/mol. The van der Waals surface area contributed by atoms with Crippen LogP contribution in [-0.2, 0) is 0 Å². The molecule has 10 rings (SSSR count). The molecule has 0 aliphatic carbocycles. The molecule has 47 heavy (non-hydrogen) atoms. The van der Waals surface area contributed by atoms with Crippen molar-refractivity contribution in [2.45, 2.75) is 0 Å². The molecule has 0 aliphatic heterocycles. The minimum Gasteiger partial charge on any atom is -0.135 e. The molecule has 0 N–H and O–H groups in total. The van der Waals surface area contributed by atoms with Crippen LogP contribution in [0.2, 0.25) is 0 Å². The Hall–Kier alpha value is -5.76. The van der Waals surface area contributed by atoms with Crippen LogP contribution in [0.25, 0.3) is 96.6 Å². The Labute approximate surface area is 276 Å². The number of thiophene rings is 1. The molecule has 1 heterocycles. The van der Waals surface area contributed by atoms with Crippen LogP contribution in [-0.4, -0.2) is 0 Å². The standard InChI is InChI=1S/C46H28S/c1-2-11-30-24-36(21-20-29(30)10-1)46-39-18-7-5-16-37(39)45(38-17-6-8-19-40(38)46)35-15-9-14-31(25-35)34-22-23-43-41(27-34)42-26-32-12-3-4-13-33(32)28-44(42)47-43/h1-28H. The molecule has 0 atom stereocenters. The predicted molar refractivity (Wildman–Crippen MR) is 206 cm³/mol. The highest BCUT2D eigenvalue weighted by Crippen LogP contribution is 2.45. The molecule has 0 bridgehead atoms. The molecule has 9 aromatic carbocycles. The van der Waals surface area contributed by atoms with Crippen LogP contribution in [0, 0.1) is 0 Å². The van der Waals surface area contributed by atoms with Crippen LogP contribution in [0.1, 0.15) is 0 Å². The molecule has 0 saturated carbocycles. The fourth-order valence-electron chi connectivity index (χ4n) is 7.59. The highest BCUT2D eigenvalue weighted by molar-refractivity contribution is 7.25. The SMILES string of the molecule is c1cc(-c2ccc3sc4cc5ccccc5cc4c3c2)cc(-c2c3ccccc3c(-c3ccc4ccccc4c3)c3ccccc23)c1. The first-order chi connectivity index (χ1) is 23.3. The van der Waals surface area contributed by atoms with Gasteiger partial charge in [-0.3, -0.25) is 0 Å². The molecule has 1 aromatic heterocycles. The van der Waals surface area contributed by atoms with Gasteiger partial charge in [0.25, 0.3) is 0 Å². The Balaban J connectivity index is 1.18. The van der Waals surface area contributed by atoms with E-state index in [2.05, 4.69) is 170 Å². The second-order valence-corrected chi connectivity index (χ2v) is 13.6. The van der Waals surface area contributed by atoms with E-state index in [1.54, 1.807) is 0 Å². The molecule has 0 aliphatic rings. The van der Waals surface area contributed by atoms with Gasteiger partial charge in [-0.05, 0) is 113 Å². The minimum absolute atomic E-state index is 1.23. The van der Waals surface area contributed by atoms with Gasteiger partial charge < -0.3 is 0 Å². The van der Waals surface area contributed by atoms with Crippen molar-refractivity contribution in [2.75, 3.05) is 0 Å². The topological polar surface area (TPSA) is 0 Å². The summed E-state index contributed by atoms with van der Waals surface area (Å²) in [6, 6.07) is 62.8. The Morgan fingerprint density at radius 2 is 0.745 bits per heavy atom. The molecule has 10 aromatic rings. The maximum absolute atomic E-state index is 2.39. The lowest BCUT2D eigenvalue weighted by Gasteiger charge is -2.18. The van der Waals surface area contributed by atoms with Gasteiger partial charge >= 0.3 is 0 Å². The highest BCUT2D eigenvalue weighted by Gasteiger charge is 2.17. The number of benzene rings is 9. The lowest BCUT2D eigenvalue weighted by molar-refractivity contribution is 1.63. The summed E-state index contributed by atoms with van der Waals surface area (Å²) in [6.07, 6.45) is 0. The van der Waals surface area contributed by atoms with Gasteiger partial charge in [0.05, 0.1) is 0 Å². The van der Waals surface area contributed by atoms with E-state index in [0.717, 1.165) is 0 Å². The number of hydrogen-bond acceptors (Lipinski definition) is 1. The molecule has 0 nitrogen and oxygen atoms in total. The van der Waals surface area contributed by atoms with Crippen molar-refractivity contribution in [1.29, 1.82) is 0 Å². The zero-order valence-electron chi connectivity index (χ0n) is 25.6. The van der Waals surface area contributed by atoms with Crippen LogP contribution in [0.3, 0.4) is 0 Å². The molecule has 0 spiro atoms. The third-order valence-electron chi connectivity index (χ3n) is 9.79. The highest BCUT2D eigenvalue weighted by atomic mass is 32.1. The normalized spacial score (nSPS) is 11.8. The third-order valence-corrected chi connectivity index (χ3v) is 10.9. The van der Waals surface area contributed by atoms with Crippen LogP contribution in [0.4, 0.5) is 0 Å². The van der Waals surface area contributed by atoms with Crippen molar-refractivity contribution < 1.29 is 0 Å². The van der Waals surface area contributed by atoms with Gasteiger partial charge in [-0.25, -0.2) is 0 Å². The number of hydrogen-bond donors (Lipinski definition) is 0. The maximum Gasteiger partial charge on any atom is 0.0361 e. The Kier molecular flexibility index (Phi) is 5.85. The fourth-order valence-corrected chi connectivity index (χ4v) is 8.71. The molecule has 0 amide bonds. The Morgan fingerprint density at radius 1 is 0.255 bits per heavy atom. The summed E-state index contributed by atoms with van der Waals surface area (Å²) in [4.78, 5) is 0. The maximum atomic E-state index is 2.39. The van der Waals surface area contributed by atoms with Crippen molar-refractivity contribution >= 4 is 74.6 Å². The second kappa shape index (κ2) is 10.4. The molecule has 0 fully saturated rings. The summed E-state index contributed by atoms with van der Waals surface area (Å²) < 4.78 is 2.67. The van der Waals surface area contributed by atoms with E-state index in [4.69, 9.17) is 0 Å². The van der Waals surface area contributed by atoms with E-state index >= 15 is 0 Å². The number of rotatable bonds is 3. The second-order valence-electron chi connectivity index (χ2n) is 12.5. The Morgan fingerprint density at radius 3 is 1.43 bits per heavy atom. The van der Waals surface area contributed by atoms with Crippen molar-refractivity contribution in [1.82, 2.24) is 0 Å². The lowest BCUT2D eigenvalue weighted by Crippen LogP contribution is -1.91. The summed E-state index contributed by atoms with van der Waals surface area (Å²) in [7, 11) is 0. The van der Waals surface area contributed by atoms with Gasteiger partial charge in [0.15, 0.2) is 0 Å². The van der Waals surface area contributed by atoms with Crippen LogP contribution in [0.5, 0.6) is 0 Å². The molecular weight excluding hydrogens is 585 g/mol. The van der Waals surface area contributed by atoms with Crippen LogP contribution in [0.15, 0.2) is 170 Å². The largest absolute Gasteiger partial charge is 0.135 e. The zero-order valence-corrected chi connectivity index (χ0v) is 26.4. The molecule has 0 radical (unpaired) electrons. The van der Waals surface area contributed by atoms with E-state index in [1.165, 1.54) is 96.6 Å². The van der Waals surface area contributed by atoms with Crippen molar-refractivity contribution in [3.05, 3.63) is 170 Å². The molecule has 218 valence electrons. The van der Waals surface area contributed by atoms with Gasteiger partial charge in [0.2, 0.25) is 0 Å². The summed E-state index contributed by atoms with van der Waals surface area (Å²) in [6.45, 7) is 0. The quantitative estimate of drug-likeness (QED) is 0.174. The van der Waals surface area contributed by atoms with Gasteiger partial charge in [-0.1, -0.05) is 133 Å². The number of fused-ring (bicyclic) bond motifs is 7. The van der Waals surface area contributed by atoms with Crippen molar-refractivity contribution in [3.63, 3.8) is 0 Å². The van der Waals surface area contributed by atoms with E-state index in [0.29, 0.717) is 0 Å². The first kappa shape index (κ1) is 26.5. The van der Waals surface area contributed by atoms with Gasteiger partial charge in [0.1, 0.15) is 0 Å². The molecule has 0 unspecified atom stereocenters. The zero-order chi connectivity index (χ0) is 30.9. The smallest absolute Gasteiger partial charge is 0.0361 e. The summed E-state index contributed by atoms with van der Waals surface area (Å²) >= 11 is 1.88. The summed E-state index contributed by atoms with van der Waals surface area (Å²) in [5.74, 6) is 0. The Bertz CT molecular complexity index is 2800. The van der Waals surface area contributed by atoms with E-state index in [1.807, 2.05) is 11.3 Å². The van der Waals surface area contributed by atoms with Crippen LogP contribution >= 0.6 is 11.3 Å². The summed E-state index contributed by atoms with van der Waals surface area (Å²) in [5.41, 5.74) is 7.55. The van der Waals surface area contributed by atoms with E-state index in [-0.39, 0.29) is 0 Å². The molecular formula is C46H28S. The van der Waals surface area contributed by atoms with Gasteiger partial charge in [-0.15, -0.1) is 11.3 Å². The summed E-state index contributed by atoms with van der Waals surface area (Å²) in [5, 5.41) is 12.9. The monoisotopic (exact) mass is 612 g/mol. The first-order valence-corrected chi connectivity index (χ1v) is 17.0. The van der Waals surface area contributed by atoms with E-state index in [9.17, 15) is 0 Å². The third kappa shape index (κ3) is 4.21. The first-order valence-electron chi connectivity index (χ1n) is 16.2. The van der Waals surface area contributed by atoms with Gasteiger partial charge in [0, 0.05) is 20.2 Å². The van der Waals surface area contributed by atoms with Crippen molar-refractivity contribution in [2.24, 2.45) is 0 Å². The molecule has 1 heteroatoms. The van der Waals surface area contributed by atoms with E-state index < -0.39 is 0 Å². The van der Waals surface area contributed by atoms with Crippen LogP contribution < -0.4 is 0 Å². The fraction of sp³-hybridized carbons (Fsp3) is 0. The average Bonchev–Trinajstić information content (AvgIpc) is 3.49. The predicted octanol–water partition coefficient (Wildman–Crippen LogP) is 13.7.